The Labute approximate surface area is 163 Å². The Balaban J connectivity index is 1.80. The van der Waals surface area contributed by atoms with Crippen LogP contribution in [-0.2, 0) is 14.4 Å². The van der Waals surface area contributed by atoms with Gasteiger partial charge in [0.05, 0.1) is 18.6 Å². The summed E-state index contributed by atoms with van der Waals surface area (Å²) in [5.41, 5.74) is 5.92. The molecule has 1 saturated heterocycles. The van der Waals surface area contributed by atoms with E-state index in [1.165, 1.54) is 32.1 Å². The topological polar surface area (TPSA) is 92.5 Å². The molecule has 0 aromatic heterocycles. The van der Waals surface area contributed by atoms with Crippen LogP contribution in [0.2, 0.25) is 0 Å². The van der Waals surface area contributed by atoms with Gasteiger partial charge in [-0.15, -0.1) is 0 Å². The number of nitrogens with zero attached hydrogens (tertiary/aromatic N) is 1. The molecule has 0 radical (unpaired) electrons. The summed E-state index contributed by atoms with van der Waals surface area (Å²) in [7, 11) is 0. The SMILES string of the molecule is CC(C)C[C@H](N)C(=O)NC1CCCN(C(=O)CCC2CCCCC2)CC1=O. The maximum Gasteiger partial charge on any atom is 0.237 e. The van der Waals surface area contributed by atoms with Gasteiger partial charge in [-0.25, -0.2) is 0 Å². The largest absolute Gasteiger partial charge is 0.345 e. The lowest BCUT2D eigenvalue weighted by Crippen LogP contribution is -2.50. The molecule has 1 aliphatic heterocycles. The summed E-state index contributed by atoms with van der Waals surface area (Å²) in [4.78, 5) is 39.0. The van der Waals surface area contributed by atoms with Gasteiger partial charge in [-0.05, 0) is 37.5 Å². The number of ketones is 1. The fraction of sp³-hybridized carbons (Fsp3) is 0.857. The molecule has 3 N–H and O–H groups in total. The molecule has 2 amide bonds. The number of hydrogen-bond acceptors (Lipinski definition) is 4. The molecule has 0 spiro atoms. The third-order valence-corrected chi connectivity index (χ3v) is 5.88. The molecule has 0 aromatic rings. The van der Waals surface area contributed by atoms with E-state index in [2.05, 4.69) is 5.32 Å². The van der Waals surface area contributed by atoms with Crippen molar-refractivity contribution in [3.63, 3.8) is 0 Å². The maximum atomic E-state index is 12.6. The molecule has 2 aliphatic rings. The Morgan fingerprint density at radius 3 is 2.52 bits per heavy atom. The van der Waals surface area contributed by atoms with Gasteiger partial charge in [-0.1, -0.05) is 46.0 Å². The van der Waals surface area contributed by atoms with Crippen molar-refractivity contribution in [2.75, 3.05) is 13.1 Å². The molecule has 6 nitrogen and oxygen atoms in total. The second-order valence-electron chi connectivity index (χ2n) is 8.76. The van der Waals surface area contributed by atoms with E-state index < -0.39 is 12.1 Å². The fourth-order valence-corrected chi connectivity index (χ4v) is 4.25. The van der Waals surface area contributed by atoms with Gasteiger partial charge in [-0.2, -0.15) is 0 Å². The van der Waals surface area contributed by atoms with Gasteiger partial charge in [0.1, 0.15) is 0 Å². The first-order chi connectivity index (χ1) is 12.9. The minimum atomic E-state index is -0.589. The summed E-state index contributed by atoms with van der Waals surface area (Å²) >= 11 is 0. The minimum Gasteiger partial charge on any atom is -0.345 e. The molecule has 154 valence electrons. The number of Topliss-reactive ketones (excluding diaryl/α,β-unsaturated/α-hetero) is 1. The molecule has 0 aromatic carbocycles. The number of amides is 2. The molecule has 6 heteroatoms. The van der Waals surface area contributed by atoms with Crippen LogP contribution in [0.4, 0.5) is 0 Å². The summed E-state index contributed by atoms with van der Waals surface area (Å²) in [6.07, 6.45) is 9.72. The summed E-state index contributed by atoms with van der Waals surface area (Å²) in [5.74, 6) is 0.730. The number of nitrogens with one attached hydrogen (secondary N) is 1. The molecule has 2 atom stereocenters. The Morgan fingerprint density at radius 1 is 1.15 bits per heavy atom. The highest BCUT2D eigenvalue weighted by Gasteiger charge is 2.29. The van der Waals surface area contributed by atoms with Gasteiger partial charge >= 0.3 is 0 Å². The molecule has 0 bridgehead atoms. The van der Waals surface area contributed by atoms with Crippen molar-refractivity contribution < 1.29 is 14.4 Å². The number of carbonyl (C=O) groups excluding carboxylic acids is 3. The second-order valence-corrected chi connectivity index (χ2v) is 8.76. The summed E-state index contributed by atoms with van der Waals surface area (Å²) in [6, 6.07) is -1.11. The summed E-state index contributed by atoms with van der Waals surface area (Å²) in [6.45, 7) is 4.73. The van der Waals surface area contributed by atoms with Crippen molar-refractivity contribution in [3.05, 3.63) is 0 Å². The highest BCUT2D eigenvalue weighted by Crippen LogP contribution is 2.27. The van der Waals surface area contributed by atoms with Gasteiger partial charge in [0.2, 0.25) is 11.8 Å². The first-order valence-corrected chi connectivity index (χ1v) is 10.7. The van der Waals surface area contributed by atoms with E-state index in [-0.39, 0.29) is 24.1 Å². The molecule has 27 heavy (non-hydrogen) atoms. The highest BCUT2D eigenvalue weighted by atomic mass is 16.2. The lowest BCUT2D eigenvalue weighted by atomic mass is 9.86. The van der Waals surface area contributed by atoms with Gasteiger partial charge < -0.3 is 16.0 Å². The van der Waals surface area contributed by atoms with Crippen LogP contribution in [-0.4, -0.2) is 47.7 Å². The van der Waals surface area contributed by atoms with Crippen molar-refractivity contribution >= 4 is 17.6 Å². The third-order valence-electron chi connectivity index (χ3n) is 5.88. The molecule has 2 fully saturated rings. The first-order valence-electron chi connectivity index (χ1n) is 10.7. The lowest BCUT2D eigenvalue weighted by molar-refractivity contribution is -0.135. The predicted molar refractivity (Wildman–Crippen MR) is 106 cm³/mol. The predicted octanol–water partition coefficient (Wildman–Crippen LogP) is 2.40. The van der Waals surface area contributed by atoms with Crippen LogP contribution in [0, 0.1) is 11.8 Å². The first kappa shape index (κ1) is 21.9. The van der Waals surface area contributed by atoms with Crippen LogP contribution in [0.3, 0.4) is 0 Å². The van der Waals surface area contributed by atoms with E-state index in [1.807, 2.05) is 13.8 Å². The Kier molecular flexibility index (Phi) is 8.74. The quantitative estimate of drug-likeness (QED) is 0.710. The number of hydrogen-bond donors (Lipinski definition) is 2. The monoisotopic (exact) mass is 379 g/mol. The van der Waals surface area contributed by atoms with Crippen LogP contribution >= 0.6 is 0 Å². The second kappa shape index (κ2) is 10.8. The van der Waals surface area contributed by atoms with E-state index in [4.69, 9.17) is 5.73 Å². The van der Waals surface area contributed by atoms with Crippen molar-refractivity contribution in [1.82, 2.24) is 10.2 Å². The van der Waals surface area contributed by atoms with Crippen molar-refractivity contribution in [3.8, 4) is 0 Å². The lowest BCUT2D eigenvalue weighted by Gasteiger charge is -2.24. The van der Waals surface area contributed by atoms with Crippen LogP contribution in [0.1, 0.15) is 78.1 Å². The van der Waals surface area contributed by atoms with Crippen LogP contribution in [0.5, 0.6) is 0 Å². The fourth-order valence-electron chi connectivity index (χ4n) is 4.25. The zero-order chi connectivity index (χ0) is 19.8. The molecule has 1 saturated carbocycles. The van der Waals surface area contributed by atoms with Crippen LogP contribution in [0.25, 0.3) is 0 Å². The molecular formula is C21H37N3O3. The minimum absolute atomic E-state index is 0.0800. The number of likely N-dealkylation sites (tertiary alicyclic amines) is 1. The average molecular weight is 380 g/mol. The Morgan fingerprint density at radius 2 is 1.85 bits per heavy atom. The van der Waals surface area contributed by atoms with Gasteiger partial charge in [-0.3, -0.25) is 14.4 Å². The maximum absolute atomic E-state index is 12.6. The molecule has 1 aliphatic carbocycles. The Hall–Kier alpha value is -1.43. The zero-order valence-corrected chi connectivity index (χ0v) is 17.0. The van der Waals surface area contributed by atoms with Crippen molar-refractivity contribution in [2.24, 2.45) is 17.6 Å². The van der Waals surface area contributed by atoms with Gasteiger partial charge in [0, 0.05) is 13.0 Å². The highest BCUT2D eigenvalue weighted by molar-refractivity contribution is 5.94. The number of nitrogens with two attached hydrogens (primary N) is 1. The van der Waals surface area contributed by atoms with Gasteiger partial charge in [0.15, 0.2) is 5.78 Å². The third kappa shape index (κ3) is 7.24. The van der Waals surface area contributed by atoms with Crippen molar-refractivity contribution in [2.45, 2.75) is 90.1 Å². The van der Waals surface area contributed by atoms with Crippen LogP contribution < -0.4 is 11.1 Å². The standard InChI is InChI=1S/C21H37N3O3/c1-15(2)13-17(22)21(27)23-18-9-6-12-24(14-19(18)25)20(26)11-10-16-7-4-3-5-8-16/h15-18H,3-14,22H2,1-2H3,(H,23,27)/t17-,18?/m0/s1. The molecule has 2 rings (SSSR count). The van der Waals surface area contributed by atoms with E-state index in [0.29, 0.717) is 37.6 Å². The summed E-state index contributed by atoms with van der Waals surface area (Å²) < 4.78 is 0. The number of rotatable bonds is 7. The van der Waals surface area contributed by atoms with E-state index in [1.54, 1.807) is 4.90 Å². The summed E-state index contributed by atoms with van der Waals surface area (Å²) in [5, 5.41) is 2.81. The van der Waals surface area contributed by atoms with E-state index in [0.717, 1.165) is 12.8 Å². The van der Waals surface area contributed by atoms with Crippen LogP contribution in [0.15, 0.2) is 0 Å². The zero-order valence-electron chi connectivity index (χ0n) is 17.0. The molecule has 1 unspecified atom stereocenters. The molecular weight excluding hydrogens is 342 g/mol. The van der Waals surface area contributed by atoms with Gasteiger partial charge in [0.25, 0.3) is 0 Å². The normalized spacial score (nSPS) is 23.2. The van der Waals surface area contributed by atoms with Crippen molar-refractivity contribution in [1.29, 1.82) is 0 Å². The average Bonchev–Trinajstić information content (AvgIpc) is 2.82. The Bertz CT molecular complexity index is 515. The smallest absolute Gasteiger partial charge is 0.237 e. The molecule has 1 heterocycles. The van der Waals surface area contributed by atoms with E-state index in [9.17, 15) is 14.4 Å². The van der Waals surface area contributed by atoms with E-state index >= 15 is 0 Å². The number of carbonyl (C=O) groups is 3.